The first-order chi connectivity index (χ1) is 23.4. The molecule has 0 heterocycles. The number of hydrogen-bond acceptors (Lipinski definition) is 0. The van der Waals surface area contributed by atoms with E-state index >= 15 is 0 Å². The van der Waals surface area contributed by atoms with Crippen molar-refractivity contribution in [1.29, 1.82) is 0 Å². The Kier molecular flexibility index (Phi) is 22.8. The van der Waals surface area contributed by atoms with E-state index in [2.05, 4.69) is 120 Å². The lowest BCUT2D eigenvalue weighted by Gasteiger charge is -2.25. The van der Waals surface area contributed by atoms with Gasteiger partial charge in [0.15, 0.2) is 0 Å². The van der Waals surface area contributed by atoms with Crippen molar-refractivity contribution in [1.82, 2.24) is 0 Å². The molecular formula is C48H70. The highest BCUT2D eigenvalue weighted by Gasteiger charge is 2.22. The van der Waals surface area contributed by atoms with Gasteiger partial charge in [-0.1, -0.05) is 210 Å². The SMILES string of the molecule is C=C(CCCCC1CC1)c1ccc(C(CCC(CCC)CCC)c2cc(C)ccc2C(=C)c2ccccc2)cc1.C=CC=C.CC.CC. The minimum Gasteiger partial charge on any atom is -0.0991 e. The average molecular weight is 647 g/mol. The number of benzene rings is 3. The van der Waals surface area contributed by atoms with E-state index in [0.29, 0.717) is 5.92 Å². The van der Waals surface area contributed by atoms with Crippen molar-refractivity contribution in [2.75, 3.05) is 0 Å². The van der Waals surface area contributed by atoms with E-state index in [-0.39, 0.29) is 0 Å². The van der Waals surface area contributed by atoms with E-state index in [0.717, 1.165) is 23.8 Å². The van der Waals surface area contributed by atoms with Crippen LogP contribution in [-0.4, -0.2) is 0 Å². The number of unbranched alkanes of at least 4 members (excludes halogenated alkanes) is 1. The Morgan fingerprint density at radius 3 is 1.88 bits per heavy atom. The number of aryl methyl sites for hydroxylation is 1. The van der Waals surface area contributed by atoms with Crippen molar-refractivity contribution in [3.63, 3.8) is 0 Å². The minimum atomic E-state index is 0.354. The molecule has 48 heavy (non-hydrogen) atoms. The molecule has 0 heteroatoms. The smallest absolute Gasteiger partial charge is 0.00957 e. The molecule has 262 valence electrons. The Morgan fingerprint density at radius 1 is 0.729 bits per heavy atom. The quantitative estimate of drug-likeness (QED) is 0.0953. The monoisotopic (exact) mass is 647 g/mol. The molecule has 1 unspecified atom stereocenters. The lowest BCUT2D eigenvalue weighted by atomic mass is 9.79. The maximum absolute atomic E-state index is 4.59. The molecule has 0 aliphatic heterocycles. The molecule has 0 saturated heterocycles. The second-order valence-electron chi connectivity index (χ2n) is 12.9. The first kappa shape index (κ1) is 42.6. The van der Waals surface area contributed by atoms with E-state index in [1.807, 2.05) is 27.7 Å². The Morgan fingerprint density at radius 2 is 1.33 bits per heavy atom. The van der Waals surface area contributed by atoms with Crippen molar-refractivity contribution in [3.8, 4) is 0 Å². The van der Waals surface area contributed by atoms with Crippen LogP contribution in [-0.2, 0) is 0 Å². The molecule has 3 aromatic carbocycles. The summed E-state index contributed by atoms with van der Waals surface area (Å²) in [6.45, 7) is 30.7. The van der Waals surface area contributed by atoms with Crippen molar-refractivity contribution >= 4 is 11.1 Å². The van der Waals surface area contributed by atoms with Gasteiger partial charge in [0.2, 0.25) is 0 Å². The van der Waals surface area contributed by atoms with Crippen LogP contribution in [0.15, 0.2) is 111 Å². The van der Waals surface area contributed by atoms with Crippen molar-refractivity contribution in [2.24, 2.45) is 11.8 Å². The number of allylic oxidation sites excluding steroid dienone is 3. The molecule has 1 atom stereocenters. The van der Waals surface area contributed by atoms with E-state index in [1.54, 1.807) is 12.2 Å². The first-order valence-corrected chi connectivity index (χ1v) is 19.3. The molecular weight excluding hydrogens is 577 g/mol. The van der Waals surface area contributed by atoms with Gasteiger partial charge in [-0.3, -0.25) is 0 Å². The zero-order chi connectivity index (χ0) is 35.7. The molecule has 0 bridgehead atoms. The molecule has 1 aliphatic carbocycles. The molecule has 0 amide bonds. The zero-order valence-electron chi connectivity index (χ0n) is 32.1. The highest BCUT2D eigenvalue weighted by molar-refractivity contribution is 5.80. The summed E-state index contributed by atoms with van der Waals surface area (Å²) < 4.78 is 0. The van der Waals surface area contributed by atoms with Gasteiger partial charge >= 0.3 is 0 Å². The van der Waals surface area contributed by atoms with Crippen LogP contribution in [0.4, 0.5) is 0 Å². The van der Waals surface area contributed by atoms with Gasteiger partial charge in [-0.25, -0.2) is 0 Å². The van der Waals surface area contributed by atoms with E-state index in [4.69, 9.17) is 0 Å². The van der Waals surface area contributed by atoms with Crippen LogP contribution in [0.5, 0.6) is 0 Å². The second kappa shape index (κ2) is 25.6. The van der Waals surface area contributed by atoms with Gasteiger partial charge < -0.3 is 0 Å². The van der Waals surface area contributed by atoms with E-state index in [9.17, 15) is 0 Å². The van der Waals surface area contributed by atoms with Gasteiger partial charge in [-0.2, -0.15) is 0 Å². The van der Waals surface area contributed by atoms with Crippen LogP contribution in [0.1, 0.15) is 158 Å². The van der Waals surface area contributed by atoms with Gasteiger partial charge in [-0.15, -0.1) is 0 Å². The molecule has 0 N–H and O–H groups in total. The molecule has 1 saturated carbocycles. The fraction of sp³-hybridized carbons (Fsp3) is 0.458. The lowest BCUT2D eigenvalue weighted by molar-refractivity contribution is 0.391. The molecule has 0 spiro atoms. The topological polar surface area (TPSA) is 0 Å². The normalized spacial score (nSPS) is 12.2. The summed E-state index contributed by atoms with van der Waals surface area (Å²) in [5, 5.41) is 0. The fourth-order valence-electron chi connectivity index (χ4n) is 6.47. The largest absolute Gasteiger partial charge is 0.0991 e. The van der Waals surface area contributed by atoms with Crippen molar-refractivity contribution < 1.29 is 0 Å². The zero-order valence-corrected chi connectivity index (χ0v) is 32.1. The van der Waals surface area contributed by atoms with Crippen molar-refractivity contribution in [2.45, 2.75) is 131 Å². The second-order valence-corrected chi connectivity index (χ2v) is 12.9. The van der Waals surface area contributed by atoms with Gasteiger partial charge in [0.25, 0.3) is 0 Å². The minimum absolute atomic E-state index is 0.354. The summed E-state index contributed by atoms with van der Waals surface area (Å²) in [7, 11) is 0. The van der Waals surface area contributed by atoms with Crippen LogP contribution in [0.2, 0.25) is 0 Å². The Labute approximate surface area is 298 Å². The molecule has 4 rings (SSSR count). The van der Waals surface area contributed by atoms with Gasteiger partial charge in [-0.05, 0) is 83.4 Å². The van der Waals surface area contributed by atoms with E-state index < -0.39 is 0 Å². The summed E-state index contributed by atoms with van der Waals surface area (Å²) in [4.78, 5) is 0. The van der Waals surface area contributed by atoms with Crippen LogP contribution in [0.25, 0.3) is 11.1 Å². The first-order valence-electron chi connectivity index (χ1n) is 19.3. The summed E-state index contributed by atoms with van der Waals surface area (Å²) in [5.74, 6) is 2.19. The van der Waals surface area contributed by atoms with Gasteiger partial charge in [0, 0.05) is 5.92 Å². The standard InChI is InChI=1S/C40H52.C4H6.2C2H6/c1-6-13-33(14-7-2)22-28-39(37-25-23-35(24-26-37)31(4)15-11-12-16-34-20-21-34)40-29-30(3)19-27-38(40)32(5)36-17-9-8-10-18-36;1-3-4-2;2*1-2/h8-10,17-19,23-27,29,33-34,39H,4-7,11-16,20-22,28H2,1-3H3;3-4H,1-2H2;2*1-2H3. The third-order valence-corrected chi connectivity index (χ3v) is 9.21. The molecule has 1 fully saturated rings. The van der Waals surface area contributed by atoms with Crippen LogP contribution in [0, 0.1) is 18.8 Å². The highest BCUT2D eigenvalue weighted by atomic mass is 14.3. The maximum atomic E-state index is 4.59. The predicted molar refractivity (Wildman–Crippen MR) is 220 cm³/mol. The number of rotatable bonds is 18. The van der Waals surface area contributed by atoms with Crippen LogP contribution in [0.3, 0.4) is 0 Å². The third-order valence-electron chi connectivity index (χ3n) is 9.21. The third kappa shape index (κ3) is 15.2. The lowest BCUT2D eigenvalue weighted by Crippen LogP contribution is -2.09. The summed E-state index contributed by atoms with van der Waals surface area (Å²) in [6, 6.07) is 27.1. The van der Waals surface area contributed by atoms with Gasteiger partial charge in [0.05, 0.1) is 0 Å². The van der Waals surface area contributed by atoms with Gasteiger partial charge in [0.1, 0.15) is 0 Å². The van der Waals surface area contributed by atoms with E-state index in [1.165, 1.54) is 110 Å². The summed E-state index contributed by atoms with van der Waals surface area (Å²) >= 11 is 0. The molecule has 0 radical (unpaired) electrons. The highest BCUT2D eigenvalue weighted by Crippen LogP contribution is 2.39. The Balaban J connectivity index is 0.00000132. The molecule has 3 aromatic rings. The average Bonchev–Trinajstić information content (AvgIpc) is 3.97. The summed E-state index contributed by atoms with van der Waals surface area (Å²) in [6.07, 6.45) is 19.0. The number of hydrogen-bond donors (Lipinski definition) is 0. The molecule has 0 nitrogen and oxygen atoms in total. The summed E-state index contributed by atoms with van der Waals surface area (Å²) in [5.41, 5.74) is 10.4. The predicted octanol–water partition coefficient (Wildman–Crippen LogP) is 15.6. The maximum Gasteiger partial charge on any atom is 0.00957 e. The fourth-order valence-corrected chi connectivity index (χ4v) is 6.47. The van der Waals surface area contributed by atoms with Crippen LogP contribution >= 0.6 is 0 Å². The van der Waals surface area contributed by atoms with Crippen LogP contribution < -0.4 is 0 Å². The Bertz CT molecular complexity index is 1290. The molecule has 0 aromatic heterocycles. The van der Waals surface area contributed by atoms with Crippen molar-refractivity contribution in [3.05, 3.63) is 145 Å². The molecule has 1 aliphatic rings. The Hall–Kier alpha value is -3.38.